The van der Waals surface area contributed by atoms with Crippen LogP contribution in [-0.2, 0) is 9.53 Å². The van der Waals surface area contributed by atoms with Gasteiger partial charge in [0.25, 0.3) is 5.91 Å². The van der Waals surface area contributed by atoms with Crippen LogP contribution in [0.2, 0.25) is 0 Å². The number of ether oxygens (including phenoxy) is 2. The van der Waals surface area contributed by atoms with Crippen molar-refractivity contribution in [1.82, 2.24) is 14.9 Å². The fourth-order valence-electron chi connectivity index (χ4n) is 5.42. The molecule has 2 amide bonds. The molecule has 1 fully saturated rings. The van der Waals surface area contributed by atoms with Gasteiger partial charge in [-0.3, -0.25) is 9.59 Å². The second kappa shape index (κ2) is 14.1. The molecule has 6 rings (SSSR count). The van der Waals surface area contributed by atoms with Crippen molar-refractivity contribution in [2.45, 2.75) is 12.8 Å². The summed E-state index contributed by atoms with van der Waals surface area (Å²) in [5, 5.41) is 12.8. The topological polar surface area (TPSA) is 143 Å². The Balaban J connectivity index is 1.24. The predicted molar refractivity (Wildman–Crippen MR) is 180 cm³/mol. The first-order valence-corrected chi connectivity index (χ1v) is 16.1. The SMILES string of the molecule is C=CC(=O)Nc1ccc(C(=O)N2CC=C(c3cc4nc(-c5cccc(O)c5)nc(N5CCOCC5)c4s3)CC2)cc1OCCCN. The number of thiophene rings is 1. The largest absolute Gasteiger partial charge is 0.508 e. The Labute approximate surface area is 271 Å². The van der Waals surface area contributed by atoms with E-state index in [9.17, 15) is 14.7 Å². The summed E-state index contributed by atoms with van der Waals surface area (Å²) in [5.41, 5.74) is 9.31. The van der Waals surface area contributed by atoms with Gasteiger partial charge in [-0.15, -0.1) is 11.3 Å². The molecular weight excluding hydrogens is 604 g/mol. The van der Waals surface area contributed by atoms with Gasteiger partial charge in [0.05, 0.1) is 35.7 Å². The number of nitrogens with two attached hydrogens (primary N) is 1. The Hall–Kier alpha value is -4.78. The Bertz CT molecular complexity index is 1800. The number of aromatic nitrogens is 2. The van der Waals surface area contributed by atoms with Gasteiger partial charge in [-0.2, -0.15) is 0 Å². The third-order valence-corrected chi connectivity index (χ3v) is 9.06. The van der Waals surface area contributed by atoms with Gasteiger partial charge in [-0.25, -0.2) is 9.97 Å². The van der Waals surface area contributed by atoms with E-state index in [1.54, 1.807) is 52.6 Å². The lowest BCUT2D eigenvalue weighted by atomic mass is 10.0. The lowest BCUT2D eigenvalue weighted by Crippen LogP contribution is -2.36. The number of nitrogens with zero attached hydrogens (tertiary/aromatic N) is 4. The van der Waals surface area contributed by atoms with E-state index in [0.29, 0.717) is 75.1 Å². The maximum atomic E-state index is 13.5. The number of phenolic OH excluding ortho intramolecular Hbond substituents is 1. The first-order chi connectivity index (χ1) is 22.4. The number of rotatable bonds is 10. The molecule has 0 aliphatic carbocycles. The van der Waals surface area contributed by atoms with Crippen molar-refractivity contribution < 1.29 is 24.2 Å². The monoisotopic (exact) mass is 640 g/mol. The van der Waals surface area contributed by atoms with E-state index in [-0.39, 0.29) is 17.6 Å². The van der Waals surface area contributed by atoms with Crippen LogP contribution in [0, 0.1) is 0 Å². The number of carbonyl (C=O) groups is 2. The minimum absolute atomic E-state index is 0.117. The molecule has 0 spiro atoms. The van der Waals surface area contributed by atoms with Crippen LogP contribution in [0.4, 0.5) is 11.5 Å². The number of carbonyl (C=O) groups excluding carboxylic acids is 2. The highest BCUT2D eigenvalue weighted by molar-refractivity contribution is 7.20. The standard InChI is InChI=1S/C34H36N6O5S/c1-2-30(42)36-26-8-7-24(20-28(26)45-16-4-11-35)34(43)40-12-9-22(10-13-40)29-21-27-31(46-29)33(39-14-17-44-18-15-39)38-32(37-27)23-5-3-6-25(41)19-23/h2-3,5-9,19-21,41H,1,4,10-18,35H2,(H,36,42). The quantitative estimate of drug-likeness (QED) is 0.166. The van der Waals surface area contributed by atoms with Gasteiger partial charge in [0.1, 0.15) is 11.5 Å². The number of benzene rings is 2. The molecular formula is C34H36N6O5S. The highest BCUT2D eigenvalue weighted by Crippen LogP contribution is 2.39. The predicted octanol–water partition coefficient (Wildman–Crippen LogP) is 4.68. The number of aromatic hydroxyl groups is 1. The van der Waals surface area contributed by atoms with Gasteiger partial charge in [0, 0.05) is 42.2 Å². The Kier molecular flexibility index (Phi) is 9.57. The zero-order valence-electron chi connectivity index (χ0n) is 25.4. The normalized spacial score (nSPS) is 15.0. The van der Waals surface area contributed by atoms with Crippen molar-refractivity contribution >= 4 is 50.4 Å². The fourth-order valence-corrected chi connectivity index (χ4v) is 6.61. The van der Waals surface area contributed by atoms with Gasteiger partial charge < -0.3 is 35.4 Å². The molecule has 2 aromatic carbocycles. The number of hydrogen-bond acceptors (Lipinski definition) is 10. The zero-order valence-corrected chi connectivity index (χ0v) is 26.2. The van der Waals surface area contributed by atoms with Crippen LogP contribution >= 0.6 is 11.3 Å². The highest BCUT2D eigenvalue weighted by Gasteiger charge is 2.24. The Morgan fingerprint density at radius 2 is 1.98 bits per heavy atom. The van der Waals surface area contributed by atoms with Crippen molar-refractivity contribution in [1.29, 1.82) is 0 Å². The average Bonchev–Trinajstić information content (AvgIpc) is 3.53. The van der Waals surface area contributed by atoms with E-state index in [1.165, 1.54) is 6.08 Å². The van der Waals surface area contributed by atoms with E-state index in [1.807, 2.05) is 6.07 Å². The van der Waals surface area contributed by atoms with E-state index in [4.69, 9.17) is 25.2 Å². The van der Waals surface area contributed by atoms with E-state index in [2.05, 4.69) is 28.9 Å². The molecule has 0 radical (unpaired) electrons. The lowest BCUT2D eigenvalue weighted by Gasteiger charge is -2.28. The Morgan fingerprint density at radius 1 is 1.13 bits per heavy atom. The zero-order chi connectivity index (χ0) is 32.0. The molecule has 4 N–H and O–H groups in total. The molecule has 0 unspecified atom stereocenters. The molecule has 12 heteroatoms. The third kappa shape index (κ3) is 6.89. The molecule has 238 valence electrons. The number of phenols is 1. The van der Waals surface area contributed by atoms with Crippen molar-refractivity contribution in [3.63, 3.8) is 0 Å². The molecule has 2 aliphatic rings. The summed E-state index contributed by atoms with van der Waals surface area (Å²) in [6.45, 7) is 8.07. The Morgan fingerprint density at radius 3 is 2.72 bits per heavy atom. The van der Waals surface area contributed by atoms with Gasteiger partial charge >= 0.3 is 0 Å². The maximum absolute atomic E-state index is 13.5. The molecule has 0 bridgehead atoms. The first kappa shape index (κ1) is 31.2. The number of amides is 2. The van der Waals surface area contributed by atoms with Crippen molar-refractivity contribution in [2.75, 3.05) is 62.8 Å². The number of anilines is 2. The second-order valence-electron chi connectivity index (χ2n) is 11.0. The van der Waals surface area contributed by atoms with E-state index >= 15 is 0 Å². The lowest BCUT2D eigenvalue weighted by molar-refractivity contribution is -0.111. The first-order valence-electron chi connectivity index (χ1n) is 15.3. The van der Waals surface area contributed by atoms with Crippen LogP contribution in [0.1, 0.15) is 28.1 Å². The van der Waals surface area contributed by atoms with Crippen LogP contribution in [0.25, 0.3) is 27.2 Å². The summed E-state index contributed by atoms with van der Waals surface area (Å²) in [6, 6.07) is 14.1. The molecule has 1 saturated heterocycles. The average molecular weight is 641 g/mol. The summed E-state index contributed by atoms with van der Waals surface area (Å²) < 4.78 is 12.5. The van der Waals surface area contributed by atoms with E-state index in [0.717, 1.165) is 45.1 Å². The van der Waals surface area contributed by atoms with Crippen molar-refractivity contribution in [3.05, 3.63) is 77.7 Å². The molecule has 0 saturated carbocycles. The van der Waals surface area contributed by atoms with Crippen LogP contribution in [0.15, 0.2) is 67.3 Å². The summed E-state index contributed by atoms with van der Waals surface area (Å²) in [5.74, 6) is 1.52. The minimum Gasteiger partial charge on any atom is -0.508 e. The highest BCUT2D eigenvalue weighted by atomic mass is 32.1. The third-order valence-electron chi connectivity index (χ3n) is 7.86. The molecule has 4 aromatic rings. The number of nitrogens with one attached hydrogen (secondary N) is 1. The summed E-state index contributed by atoms with van der Waals surface area (Å²) >= 11 is 1.66. The van der Waals surface area contributed by atoms with Crippen molar-refractivity contribution in [2.24, 2.45) is 5.73 Å². The molecule has 11 nitrogen and oxygen atoms in total. The second-order valence-corrected chi connectivity index (χ2v) is 12.0. The van der Waals surface area contributed by atoms with Crippen LogP contribution in [0.3, 0.4) is 0 Å². The number of fused-ring (bicyclic) bond motifs is 1. The molecule has 2 aromatic heterocycles. The maximum Gasteiger partial charge on any atom is 0.254 e. The summed E-state index contributed by atoms with van der Waals surface area (Å²) in [4.78, 5) is 40.4. The number of morpholine rings is 1. The van der Waals surface area contributed by atoms with Gasteiger partial charge in [-0.05, 0) is 67.4 Å². The van der Waals surface area contributed by atoms with Gasteiger partial charge in [-0.1, -0.05) is 24.8 Å². The summed E-state index contributed by atoms with van der Waals surface area (Å²) in [7, 11) is 0. The smallest absolute Gasteiger partial charge is 0.254 e. The van der Waals surface area contributed by atoms with Crippen LogP contribution in [0.5, 0.6) is 11.5 Å². The van der Waals surface area contributed by atoms with Crippen LogP contribution in [-0.4, -0.2) is 84.3 Å². The van der Waals surface area contributed by atoms with Crippen LogP contribution < -0.4 is 20.7 Å². The fraction of sp³-hybridized carbons (Fsp3) is 0.294. The van der Waals surface area contributed by atoms with Gasteiger partial charge in [0.2, 0.25) is 5.91 Å². The molecule has 0 atom stereocenters. The molecule has 4 heterocycles. The van der Waals surface area contributed by atoms with E-state index < -0.39 is 0 Å². The molecule has 46 heavy (non-hydrogen) atoms. The van der Waals surface area contributed by atoms with Gasteiger partial charge in [0.15, 0.2) is 11.6 Å². The van der Waals surface area contributed by atoms with Crippen molar-refractivity contribution in [3.8, 4) is 22.9 Å². The summed E-state index contributed by atoms with van der Waals surface area (Å²) in [6.07, 6.45) is 4.61. The number of hydrogen-bond donors (Lipinski definition) is 3. The molecule has 2 aliphatic heterocycles. The minimum atomic E-state index is -0.365.